The molecule has 0 bridgehead atoms. The molecule has 0 saturated heterocycles. The van der Waals surface area contributed by atoms with Crippen molar-refractivity contribution in [3.63, 3.8) is 0 Å². The zero-order valence-corrected chi connectivity index (χ0v) is 13.9. The van der Waals surface area contributed by atoms with Crippen molar-refractivity contribution in [1.29, 1.82) is 5.26 Å². The van der Waals surface area contributed by atoms with Gasteiger partial charge in [0.05, 0.1) is 0 Å². The summed E-state index contributed by atoms with van der Waals surface area (Å²) in [6, 6.07) is 21.0. The van der Waals surface area contributed by atoms with Crippen LogP contribution in [0, 0.1) is 11.3 Å². The molecule has 0 aliphatic rings. The number of nitriles is 1. The maximum absolute atomic E-state index is 11.9. The molecule has 0 fully saturated rings. The van der Waals surface area contributed by atoms with Crippen LogP contribution in [0.2, 0.25) is 0 Å². The summed E-state index contributed by atoms with van der Waals surface area (Å²) >= 11 is 0. The summed E-state index contributed by atoms with van der Waals surface area (Å²) in [6.07, 6.45) is 0.743. The predicted molar refractivity (Wildman–Crippen MR) is 99.5 cm³/mol. The first-order chi connectivity index (χ1) is 12.7. The van der Waals surface area contributed by atoms with Crippen LogP contribution >= 0.6 is 0 Å². The van der Waals surface area contributed by atoms with Gasteiger partial charge in [0.2, 0.25) is 5.88 Å². The summed E-state index contributed by atoms with van der Waals surface area (Å²) in [6.45, 7) is 3.55. The van der Waals surface area contributed by atoms with Crippen LogP contribution in [0.15, 0.2) is 77.7 Å². The topological polar surface area (TPSA) is 75.3 Å². The largest absolute Gasteiger partial charge is 0.445 e. The lowest BCUT2D eigenvalue weighted by atomic mass is 9.98. The van der Waals surface area contributed by atoms with E-state index < -0.39 is 6.09 Å². The second-order valence-electron chi connectivity index (χ2n) is 5.37. The van der Waals surface area contributed by atoms with Crippen LogP contribution in [0.3, 0.4) is 0 Å². The number of furan rings is 1. The van der Waals surface area contributed by atoms with Crippen LogP contribution in [0.25, 0.3) is 22.5 Å². The van der Waals surface area contributed by atoms with Gasteiger partial charge in [0.1, 0.15) is 24.0 Å². The molecule has 1 N–H and O–H groups in total. The van der Waals surface area contributed by atoms with Gasteiger partial charge in [-0.05, 0) is 5.56 Å². The molecule has 26 heavy (non-hydrogen) atoms. The van der Waals surface area contributed by atoms with Gasteiger partial charge in [-0.15, -0.1) is 0 Å². The number of nitrogens with one attached hydrogen (secondary N) is 1. The zero-order chi connectivity index (χ0) is 18.4. The third-order valence-electron chi connectivity index (χ3n) is 3.67. The summed E-state index contributed by atoms with van der Waals surface area (Å²) in [7, 11) is 0. The number of amides is 1. The summed E-state index contributed by atoms with van der Waals surface area (Å²) in [5.41, 5.74) is 2.48. The Hall–Kier alpha value is -3.78. The number of carbonyl (C=O) groups excluding carboxylic acids is 1. The molecule has 1 heterocycles. The minimum Gasteiger partial charge on any atom is -0.445 e. The molecule has 128 valence electrons. The Morgan fingerprint density at radius 3 is 2.31 bits per heavy atom. The number of carbonyl (C=O) groups is 1. The van der Waals surface area contributed by atoms with E-state index in [1.807, 2.05) is 60.7 Å². The Morgan fingerprint density at radius 1 is 1.12 bits per heavy atom. The maximum Gasteiger partial charge on any atom is 0.414 e. The molecule has 5 nitrogen and oxygen atoms in total. The normalized spacial score (nSPS) is 9.96. The quantitative estimate of drug-likeness (QED) is 0.644. The Bertz CT molecular complexity index is 954. The minimum absolute atomic E-state index is 0.0549. The highest BCUT2D eigenvalue weighted by Gasteiger charge is 2.24. The molecule has 1 amide bonds. The van der Waals surface area contributed by atoms with Gasteiger partial charge >= 0.3 is 6.09 Å². The van der Waals surface area contributed by atoms with E-state index >= 15 is 0 Å². The van der Waals surface area contributed by atoms with Gasteiger partial charge in [-0.2, -0.15) is 5.26 Å². The van der Waals surface area contributed by atoms with Gasteiger partial charge in [0, 0.05) is 11.1 Å². The first-order valence-corrected chi connectivity index (χ1v) is 7.97. The fraction of sp³-hybridized carbons (Fsp3) is 0.0476. The average Bonchev–Trinajstić information content (AvgIpc) is 3.05. The molecular weight excluding hydrogens is 328 g/mol. The van der Waals surface area contributed by atoms with Gasteiger partial charge in [-0.1, -0.05) is 73.3 Å². The van der Waals surface area contributed by atoms with E-state index in [1.165, 1.54) is 6.08 Å². The van der Waals surface area contributed by atoms with E-state index in [1.54, 1.807) is 0 Å². The third kappa shape index (κ3) is 3.50. The van der Waals surface area contributed by atoms with E-state index in [9.17, 15) is 10.1 Å². The van der Waals surface area contributed by atoms with Gasteiger partial charge in [-0.25, -0.2) is 4.79 Å². The number of rotatable bonds is 5. The van der Waals surface area contributed by atoms with Crippen molar-refractivity contribution in [3.8, 4) is 28.5 Å². The Kier molecular flexibility index (Phi) is 5.16. The first-order valence-electron chi connectivity index (χ1n) is 7.97. The summed E-state index contributed by atoms with van der Waals surface area (Å²) in [4.78, 5) is 11.9. The Morgan fingerprint density at radius 2 is 1.73 bits per heavy atom. The van der Waals surface area contributed by atoms with E-state index in [0.717, 1.165) is 11.1 Å². The van der Waals surface area contributed by atoms with E-state index in [4.69, 9.17) is 9.15 Å². The van der Waals surface area contributed by atoms with Gasteiger partial charge in [0.15, 0.2) is 0 Å². The average molecular weight is 344 g/mol. The second-order valence-corrected chi connectivity index (χ2v) is 5.37. The lowest BCUT2D eigenvalue weighted by Crippen LogP contribution is -2.13. The van der Waals surface area contributed by atoms with E-state index in [2.05, 4.69) is 18.0 Å². The lowest BCUT2D eigenvalue weighted by Gasteiger charge is -2.03. The maximum atomic E-state index is 11.9. The van der Waals surface area contributed by atoms with Crippen LogP contribution in [-0.4, -0.2) is 12.7 Å². The van der Waals surface area contributed by atoms with E-state index in [-0.39, 0.29) is 18.1 Å². The van der Waals surface area contributed by atoms with Crippen molar-refractivity contribution in [2.24, 2.45) is 0 Å². The van der Waals surface area contributed by atoms with E-state index in [0.29, 0.717) is 11.3 Å². The first kappa shape index (κ1) is 17.1. The number of nitrogens with zero attached hydrogens (tertiary/aromatic N) is 1. The number of hydrogen-bond donors (Lipinski definition) is 1. The number of hydrogen-bond acceptors (Lipinski definition) is 4. The standard InChI is InChI=1S/C21H16N2O3/c1-2-13-25-21(24)23-20-17(14-22)18(15-9-5-3-6-10-15)19(26-20)16-11-7-4-8-12-16/h2-12H,1,13H2,(H,23,24). The van der Waals surface area contributed by atoms with Crippen molar-refractivity contribution >= 4 is 12.0 Å². The van der Waals surface area contributed by atoms with Gasteiger partial charge < -0.3 is 9.15 Å². The molecule has 5 heteroatoms. The second kappa shape index (κ2) is 7.86. The minimum atomic E-state index is -0.714. The monoisotopic (exact) mass is 344 g/mol. The fourth-order valence-corrected chi connectivity index (χ4v) is 2.56. The van der Waals surface area contributed by atoms with Crippen molar-refractivity contribution in [3.05, 3.63) is 78.9 Å². The highest BCUT2D eigenvalue weighted by atomic mass is 16.5. The molecule has 0 aliphatic carbocycles. The van der Waals surface area contributed by atoms with Crippen LogP contribution in [0.1, 0.15) is 5.56 Å². The Balaban J connectivity index is 2.13. The van der Waals surface area contributed by atoms with Crippen LogP contribution in [-0.2, 0) is 4.74 Å². The van der Waals surface area contributed by atoms with Crippen LogP contribution in [0.4, 0.5) is 10.7 Å². The summed E-state index contributed by atoms with van der Waals surface area (Å²) in [5, 5.41) is 12.2. The molecule has 0 radical (unpaired) electrons. The van der Waals surface area contributed by atoms with Crippen molar-refractivity contribution in [2.75, 3.05) is 11.9 Å². The fourth-order valence-electron chi connectivity index (χ4n) is 2.56. The van der Waals surface area contributed by atoms with Crippen LogP contribution < -0.4 is 5.32 Å². The Labute approximate surface area is 151 Å². The molecule has 1 aromatic heterocycles. The highest BCUT2D eigenvalue weighted by molar-refractivity contribution is 5.93. The smallest absolute Gasteiger partial charge is 0.414 e. The number of ether oxygens (including phenoxy) is 1. The SMILES string of the molecule is C=CCOC(=O)Nc1oc(-c2ccccc2)c(-c2ccccc2)c1C#N. The molecule has 0 atom stereocenters. The highest BCUT2D eigenvalue weighted by Crippen LogP contribution is 2.41. The van der Waals surface area contributed by atoms with Crippen molar-refractivity contribution in [2.45, 2.75) is 0 Å². The lowest BCUT2D eigenvalue weighted by molar-refractivity contribution is 0.173. The molecule has 2 aromatic carbocycles. The summed E-state index contributed by atoms with van der Waals surface area (Å²) < 4.78 is 10.8. The molecule has 0 aliphatic heterocycles. The predicted octanol–water partition coefficient (Wildman–Crippen LogP) is 5.22. The number of benzene rings is 2. The molecule has 0 spiro atoms. The molecule has 0 saturated carbocycles. The van der Waals surface area contributed by atoms with Crippen molar-refractivity contribution < 1.29 is 13.9 Å². The van der Waals surface area contributed by atoms with Crippen molar-refractivity contribution in [1.82, 2.24) is 0 Å². The number of anilines is 1. The van der Waals surface area contributed by atoms with Gasteiger partial charge in [0.25, 0.3) is 0 Å². The molecular formula is C21H16N2O3. The zero-order valence-electron chi connectivity index (χ0n) is 13.9. The van der Waals surface area contributed by atoms with Gasteiger partial charge in [-0.3, -0.25) is 5.32 Å². The molecule has 0 unspecified atom stereocenters. The molecule has 3 rings (SSSR count). The third-order valence-corrected chi connectivity index (χ3v) is 3.67. The van der Waals surface area contributed by atoms with Crippen LogP contribution in [0.5, 0.6) is 0 Å². The summed E-state index contributed by atoms with van der Waals surface area (Å²) in [5.74, 6) is 0.562. The molecule has 3 aromatic rings.